The van der Waals surface area contributed by atoms with E-state index in [1.54, 1.807) is 0 Å². The predicted octanol–water partition coefficient (Wildman–Crippen LogP) is 13.7. The largest absolute Gasteiger partial charge is 0.462 e. The van der Waals surface area contributed by atoms with Gasteiger partial charge in [0.15, 0.2) is 0 Å². The number of aliphatic hydroxyl groups is 2. The van der Waals surface area contributed by atoms with Gasteiger partial charge in [0.25, 0.3) is 0 Å². The van der Waals surface area contributed by atoms with E-state index in [1.165, 1.54) is 122 Å². The van der Waals surface area contributed by atoms with E-state index in [9.17, 15) is 19.8 Å². The topological polar surface area (TPSA) is 95.9 Å². The fourth-order valence-electron chi connectivity index (χ4n) is 7.05. The van der Waals surface area contributed by atoms with Crippen molar-refractivity contribution >= 4 is 11.9 Å². The molecule has 6 heteroatoms. The van der Waals surface area contributed by atoms with Crippen molar-refractivity contribution in [2.24, 2.45) is 0 Å². The molecule has 0 aliphatic heterocycles. The third-order valence-electron chi connectivity index (χ3n) is 10.7. The SMILES string of the molecule is CCCC/C=C\CCCCCC(CC(=O)NC(CO)C(O)CCCCCCCCCCCCCCCC)OC(=O)CC/C=C/C/C=C\CCCCCCCC. The first kappa shape index (κ1) is 53.1. The molecular weight excluding hydrogens is 683 g/mol. The molecule has 3 unspecified atom stereocenters. The molecule has 0 rings (SSSR count). The zero-order valence-electron chi connectivity index (χ0n) is 36.6. The van der Waals surface area contributed by atoms with E-state index in [-0.39, 0.29) is 31.3 Å². The maximum absolute atomic E-state index is 13.1. The molecule has 1 amide bonds. The monoisotopic (exact) mass is 774 g/mol. The van der Waals surface area contributed by atoms with Gasteiger partial charge in [0.2, 0.25) is 5.91 Å². The molecule has 3 N–H and O–H groups in total. The first-order valence-corrected chi connectivity index (χ1v) is 23.7. The highest BCUT2D eigenvalue weighted by molar-refractivity contribution is 5.77. The van der Waals surface area contributed by atoms with Crippen molar-refractivity contribution in [1.29, 1.82) is 0 Å². The van der Waals surface area contributed by atoms with Crippen molar-refractivity contribution in [1.82, 2.24) is 5.32 Å². The number of esters is 1. The number of hydrogen-bond acceptors (Lipinski definition) is 5. The molecule has 55 heavy (non-hydrogen) atoms. The number of aliphatic hydroxyl groups excluding tert-OH is 2. The lowest BCUT2D eigenvalue weighted by atomic mass is 10.0. The van der Waals surface area contributed by atoms with E-state index in [1.807, 2.05) is 6.08 Å². The fraction of sp³-hybridized carbons (Fsp3) is 0.837. The summed E-state index contributed by atoms with van der Waals surface area (Å²) in [6, 6.07) is -0.713. The molecule has 0 radical (unpaired) electrons. The van der Waals surface area contributed by atoms with E-state index >= 15 is 0 Å². The molecule has 0 fully saturated rings. The van der Waals surface area contributed by atoms with Crippen LogP contribution in [0.25, 0.3) is 0 Å². The Balaban J connectivity index is 4.56. The summed E-state index contributed by atoms with van der Waals surface area (Å²) in [7, 11) is 0. The molecule has 0 spiro atoms. The molecule has 6 nitrogen and oxygen atoms in total. The minimum absolute atomic E-state index is 0.0456. The number of carbonyl (C=O) groups excluding carboxylic acids is 2. The summed E-state index contributed by atoms with van der Waals surface area (Å²) in [5, 5.41) is 23.6. The zero-order chi connectivity index (χ0) is 40.3. The maximum atomic E-state index is 13.1. The molecular formula is C49H91NO5. The van der Waals surface area contributed by atoms with Crippen LogP contribution in [-0.2, 0) is 14.3 Å². The molecule has 0 bridgehead atoms. The third kappa shape index (κ3) is 38.7. The summed E-state index contributed by atoms with van der Waals surface area (Å²) < 4.78 is 5.85. The normalized spacial score (nSPS) is 13.6. The summed E-state index contributed by atoms with van der Waals surface area (Å²) in [5.41, 5.74) is 0. The number of hydrogen-bond donors (Lipinski definition) is 3. The minimum atomic E-state index is -0.796. The fourth-order valence-corrected chi connectivity index (χ4v) is 7.05. The second-order valence-corrected chi connectivity index (χ2v) is 16.2. The van der Waals surface area contributed by atoms with Crippen LogP contribution in [0.2, 0.25) is 0 Å². The molecule has 0 saturated carbocycles. The van der Waals surface area contributed by atoms with Gasteiger partial charge in [-0.3, -0.25) is 9.59 Å². The Kier molecular flexibility index (Phi) is 41.7. The lowest BCUT2D eigenvalue weighted by Gasteiger charge is -2.24. The van der Waals surface area contributed by atoms with E-state index in [0.717, 1.165) is 64.2 Å². The van der Waals surface area contributed by atoms with Crippen molar-refractivity contribution in [3.8, 4) is 0 Å². The Bertz CT molecular complexity index is 915. The first-order valence-electron chi connectivity index (χ1n) is 23.7. The van der Waals surface area contributed by atoms with Crippen LogP contribution in [0.15, 0.2) is 36.5 Å². The van der Waals surface area contributed by atoms with Gasteiger partial charge in [0.05, 0.1) is 25.2 Å². The standard InChI is InChI=1S/C49H91NO5/c1-4-7-10-13-16-19-21-23-25-26-29-32-35-38-41-47(52)46(44-51)50-48(53)43-45(40-37-34-31-28-18-15-12-9-6-3)55-49(54)42-39-36-33-30-27-24-22-20-17-14-11-8-5-2/h15,18,24,27,33,36,45-47,51-52H,4-14,16-17,19-23,25-26,28-32,34-35,37-44H2,1-3H3,(H,50,53)/b18-15-,27-24-,36-33+. The summed E-state index contributed by atoms with van der Waals surface area (Å²) in [4.78, 5) is 25.9. The summed E-state index contributed by atoms with van der Waals surface area (Å²) >= 11 is 0. The van der Waals surface area contributed by atoms with E-state index in [0.29, 0.717) is 19.3 Å². The lowest BCUT2D eigenvalue weighted by Crippen LogP contribution is -2.46. The van der Waals surface area contributed by atoms with E-state index in [2.05, 4.69) is 56.5 Å². The molecule has 0 aromatic rings. The van der Waals surface area contributed by atoms with Gasteiger partial charge in [0, 0.05) is 6.42 Å². The Morgan fingerprint density at radius 2 is 0.945 bits per heavy atom. The Hall–Kier alpha value is -1.92. The zero-order valence-corrected chi connectivity index (χ0v) is 36.6. The van der Waals surface area contributed by atoms with Gasteiger partial charge in [0.1, 0.15) is 6.10 Å². The quantitative estimate of drug-likeness (QED) is 0.0326. The van der Waals surface area contributed by atoms with Crippen molar-refractivity contribution in [2.45, 2.75) is 257 Å². The van der Waals surface area contributed by atoms with Crippen LogP contribution in [0, 0.1) is 0 Å². The Labute approximate surface area is 341 Å². The van der Waals surface area contributed by atoms with Gasteiger partial charge in [-0.15, -0.1) is 0 Å². The van der Waals surface area contributed by atoms with Gasteiger partial charge in [-0.1, -0.05) is 198 Å². The van der Waals surface area contributed by atoms with Crippen LogP contribution in [0.5, 0.6) is 0 Å². The average molecular weight is 774 g/mol. The summed E-state index contributed by atoms with van der Waals surface area (Å²) in [6.07, 6.45) is 49.3. The number of rotatable bonds is 42. The number of allylic oxidation sites excluding steroid dienone is 6. The second kappa shape index (κ2) is 43.2. The van der Waals surface area contributed by atoms with Gasteiger partial charge < -0.3 is 20.3 Å². The summed E-state index contributed by atoms with van der Waals surface area (Å²) in [5.74, 6) is -0.570. The average Bonchev–Trinajstić information content (AvgIpc) is 3.18. The van der Waals surface area contributed by atoms with Gasteiger partial charge in [-0.25, -0.2) is 0 Å². The number of unbranched alkanes of at least 4 members (excludes halogenated alkanes) is 24. The molecule has 3 atom stereocenters. The highest BCUT2D eigenvalue weighted by Gasteiger charge is 2.24. The van der Waals surface area contributed by atoms with Crippen molar-refractivity contribution in [3.63, 3.8) is 0 Å². The Morgan fingerprint density at radius 3 is 1.47 bits per heavy atom. The number of carbonyl (C=O) groups is 2. The van der Waals surface area contributed by atoms with Crippen LogP contribution < -0.4 is 5.32 Å². The van der Waals surface area contributed by atoms with Crippen molar-refractivity contribution in [2.75, 3.05) is 6.61 Å². The molecule has 0 aliphatic rings. The third-order valence-corrected chi connectivity index (χ3v) is 10.7. The predicted molar refractivity (Wildman–Crippen MR) is 236 cm³/mol. The van der Waals surface area contributed by atoms with Crippen LogP contribution in [0.4, 0.5) is 0 Å². The molecule has 322 valence electrons. The Morgan fingerprint density at radius 1 is 0.527 bits per heavy atom. The van der Waals surface area contributed by atoms with E-state index < -0.39 is 18.2 Å². The number of amides is 1. The lowest BCUT2D eigenvalue weighted by molar-refractivity contribution is -0.150. The smallest absolute Gasteiger partial charge is 0.306 e. The highest BCUT2D eigenvalue weighted by atomic mass is 16.5. The van der Waals surface area contributed by atoms with Crippen LogP contribution in [0.3, 0.4) is 0 Å². The molecule has 0 aromatic carbocycles. The highest BCUT2D eigenvalue weighted by Crippen LogP contribution is 2.17. The molecule has 0 heterocycles. The van der Waals surface area contributed by atoms with E-state index in [4.69, 9.17) is 4.74 Å². The van der Waals surface area contributed by atoms with Gasteiger partial charge in [-0.2, -0.15) is 0 Å². The summed E-state index contributed by atoms with van der Waals surface area (Å²) in [6.45, 7) is 6.41. The maximum Gasteiger partial charge on any atom is 0.306 e. The van der Waals surface area contributed by atoms with Crippen LogP contribution in [0.1, 0.15) is 239 Å². The van der Waals surface area contributed by atoms with Crippen LogP contribution >= 0.6 is 0 Å². The number of ether oxygens (including phenoxy) is 1. The molecule has 0 saturated heterocycles. The molecule has 0 aromatic heterocycles. The first-order chi connectivity index (χ1) is 27.0. The van der Waals surface area contributed by atoms with Crippen molar-refractivity contribution < 1.29 is 24.5 Å². The number of nitrogens with one attached hydrogen (secondary N) is 1. The minimum Gasteiger partial charge on any atom is -0.462 e. The second-order valence-electron chi connectivity index (χ2n) is 16.2. The van der Waals surface area contributed by atoms with Crippen LogP contribution in [-0.4, -0.2) is 46.9 Å². The molecule has 0 aliphatic carbocycles. The van der Waals surface area contributed by atoms with Crippen molar-refractivity contribution in [3.05, 3.63) is 36.5 Å². The van der Waals surface area contributed by atoms with Gasteiger partial charge in [-0.05, 0) is 64.2 Å². The van der Waals surface area contributed by atoms with Gasteiger partial charge >= 0.3 is 5.97 Å².